The van der Waals surface area contributed by atoms with Crippen molar-refractivity contribution < 1.29 is 4.79 Å². The molecule has 4 nitrogen and oxygen atoms in total. The van der Waals surface area contributed by atoms with Gasteiger partial charge in [-0.25, -0.2) is 4.98 Å². The van der Waals surface area contributed by atoms with Gasteiger partial charge in [-0.15, -0.1) is 11.3 Å². The van der Waals surface area contributed by atoms with Crippen LogP contribution in [0.25, 0.3) is 10.6 Å². The molecule has 1 heterocycles. The fraction of sp³-hybridized carbons (Fsp3) is 0.333. The Morgan fingerprint density at radius 1 is 1.52 bits per heavy atom. The number of rotatable bonds is 6. The smallest absolute Gasteiger partial charge is 0.226 e. The highest BCUT2D eigenvalue weighted by molar-refractivity contribution is 9.10. The van der Waals surface area contributed by atoms with Crippen LogP contribution in [0.5, 0.6) is 0 Å². The lowest BCUT2D eigenvalue weighted by Gasteiger charge is -2.06. The van der Waals surface area contributed by atoms with E-state index in [1.807, 2.05) is 36.6 Å². The van der Waals surface area contributed by atoms with Gasteiger partial charge >= 0.3 is 0 Å². The minimum atomic E-state index is -0.0123. The van der Waals surface area contributed by atoms with E-state index >= 15 is 0 Å². The van der Waals surface area contributed by atoms with Crippen LogP contribution in [0, 0.1) is 0 Å². The molecule has 0 saturated carbocycles. The summed E-state index contributed by atoms with van der Waals surface area (Å²) in [4.78, 5) is 16.3. The van der Waals surface area contributed by atoms with Gasteiger partial charge in [0.15, 0.2) is 0 Å². The van der Waals surface area contributed by atoms with Crippen LogP contribution in [0.4, 0.5) is 0 Å². The third-order valence-electron chi connectivity index (χ3n) is 2.89. The predicted molar refractivity (Wildman–Crippen MR) is 90.2 cm³/mol. The van der Waals surface area contributed by atoms with Gasteiger partial charge in [0.2, 0.25) is 5.91 Å². The fourth-order valence-electron chi connectivity index (χ4n) is 1.81. The third-order valence-corrected chi connectivity index (χ3v) is 4.32. The molecule has 2 rings (SSSR count). The molecule has 2 aromatic rings. The largest absolute Gasteiger partial charge is 0.356 e. The molecular weight excluding hydrogens is 350 g/mol. The number of halogens is 1. The lowest BCUT2D eigenvalue weighted by Crippen LogP contribution is -2.30. The zero-order valence-electron chi connectivity index (χ0n) is 11.8. The van der Waals surface area contributed by atoms with Crippen LogP contribution in [-0.2, 0) is 11.2 Å². The minimum Gasteiger partial charge on any atom is -0.356 e. The number of hydrogen-bond acceptors (Lipinski definition) is 4. The first-order valence-electron chi connectivity index (χ1n) is 6.77. The summed E-state index contributed by atoms with van der Waals surface area (Å²) in [6, 6.07) is 8.08. The van der Waals surface area contributed by atoms with Crippen molar-refractivity contribution in [2.24, 2.45) is 5.73 Å². The van der Waals surface area contributed by atoms with Crippen molar-refractivity contribution in [1.82, 2.24) is 10.3 Å². The van der Waals surface area contributed by atoms with Crippen LogP contribution in [0.15, 0.2) is 34.1 Å². The average molecular weight is 368 g/mol. The summed E-state index contributed by atoms with van der Waals surface area (Å²) in [5.74, 6) is -0.0123. The molecule has 1 amide bonds. The Morgan fingerprint density at radius 3 is 3.05 bits per heavy atom. The lowest BCUT2D eigenvalue weighted by molar-refractivity contribution is -0.120. The summed E-state index contributed by atoms with van der Waals surface area (Å²) in [5.41, 5.74) is 7.50. The van der Waals surface area contributed by atoms with Crippen molar-refractivity contribution in [3.8, 4) is 10.6 Å². The molecule has 6 heteroatoms. The first-order chi connectivity index (χ1) is 10.0. The molecule has 1 aromatic carbocycles. The number of carbonyl (C=O) groups is 1. The Labute approximate surface area is 136 Å². The van der Waals surface area contributed by atoms with Gasteiger partial charge < -0.3 is 11.1 Å². The number of hydrogen-bond donors (Lipinski definition) is 2. The van der Waals surface area contributed by atoms with E-state index in [9.17, 15) is 4.79 Å². The van der Waals surface area contributed by atoms with E-state index < -0.39 is 0 Å². The number of benzene rings is 1. The SMILES string of the molecule is CC(N)CCNC(=O)Cc1csc(-c2cccc(Br)c2)n1. The standard InChI is InChI=1S/C15H18BrN3OS/c1-10(17)5-6-18-14(20)8-13-9-21-15(19-13)11-3-2-4-12(16)7-11/h2-4,7,9-10H,5-6,8,17H2,1H3,(H,18,20). The van der Waals surface area contributed by atoms with Crippen molar-refractivity contribution in [1.29, 1.82) is 0 Å². The predicted octanol–water partition coefficient (Wildman–Crippen LogP) is 2.97. The molecule has 0 aliphatic heterocycles. The van der Waals surface area contributed by atoms with E-state index in [-0.39, 0.29) is 11.9 Å². The van der Waals surface area contributed by atoms with E-state index in [2.05, 4.69) is 26.2 Å². The number of nitrogens with one attached hydrogen (secondary N) is 1. The van der Waals surface area contributed by atoms with Gasteiger partial charge in [-0.1, -0.05) is 28.1 Å². The normalized spacial score (nSPS) is 12.1. The zero-order valence-corrected chi connectivity index (χ0v) is 14.2. The first-order valence-corrected chi connectivity index (χ1v) is 8.44. The van der Waals surface area contributed by atoms with Crippen molar-refractivity contribution >= 4 is 33.2 Å². The highest BCUT2D eigenvalue weighted by atomic mass is 79.9. The second-order valence-corrected chi connectivity index (χ2v) is 6.72. The molecule has 1 unspecified atom stereocenters. The molecule has 3 N–H and O–H groups in total. The van der Waals surface area contributed by atoms with Crippen molar-refractivity contribution in [3.05, 3.63) is 39.8 Å². The van der Waals surface area contributed by atoms with Crippen LogP contribution in [0.1, 0.15) is 19.0 Å². The van der Waals surface area contributed by atoms with Crippen LogP contribution in [0.3, 0.4) is 0 Å². The quantitative estimate of drug-likeness (QED) is 0.824. The van der Waals surface area contributed by atoms with E-state index in [0.717, 1.165) is 27.2 Å². The third kappa shape index (κ3) is 5.22. The van der Waals surface area contributed by atoms with Crippen LogP contribution in [0.2, 0.25) is 0 Å². The Hall–Kier alpha value is -1.24. The average Bonchev–Trinajstić information content (AvgIpc) is 2.86. The monoisotopic (exact) mass is 367 g/mol. The topological polar surface area (TPSA) is 68.0 Å². The minimum absolute atomic E-state index is 0.0123. The number of nitrogens with two attached hydrogens (primary N) is 1. The second kappa shape index (κ2) is 7.68. The fourth-order valence-corrected chi connectivity index (χ4v) is 3.02. The summed E-state index contributed by atoms with van der Waals surface area (Å²) in [6.07, 6.45) is 1.09. The number of carbonyl (C=O) groups excluding carboxylic acids is 1. The van der Waals surface area contributed by atoms with Gasteiger partial charge in [0.05, 0.1) is 12.1 Å². The second-order valence-electron chi connectivity index (χ2n) is 4.95. The maximum absolute atomic E-state index is 11.8. The van der Waals surface area contributed by atoms with Gasteiger partial charge in [-0.05, 0) is 25.5 Å². The van der Waals surface area contributed by atoms with Crippen molar-refractivity contribution in [2.75, 3.05) is 6.54 Å². The molecule has 0 bridgehead atoms. The van der Waals surface area contributed by atoms with Gasteiger partial charge in [-0.2, -0.15) is 0 Å². The number of amides is 1. The van der Waals surface area contributed by atoms with Crippen molar-refractivity contribution in [2.45, 2.75) is 25.8 Å². The zero-order chi connectivity index (χ0) is 15.2. The molecular formula is C15H18BrN3OS. The highest BCUT2D eigenvalue weighted by Gasteiger charge is 2.09. The number of nitrogens with zero attached hydrogens (tertiary/aromatic N) is 1. The Balaban J connectivity index is 1.93. The van der Waals surface area contributed by atoms with Crippen LogP contribution >= 0.6 is 27.3 Å². The van der Waals surface area contributed by atoms with E-state index in [4.69, 9.17) is 5.73 Å². The molecule has 0 aliphatic carbocycles. The Morgan fingerprint density at radius 2 is 2.33 bits per heavy atom. The summed E-state index contributed by atoms with van der Waals surface area (Å²) in [7, 11) is 0. The maximum Gasteiger partial charge on any atom is 0.226 e. The Kier molecular flexibility index (Phi) is 5.90. The van der Waals surface area contributed by atoms with Gasteiger partial charge in [0.25, 0.3) is 0 Å². The van der Waals surface area contributed by atoms with Gasteiger partial charge in [0, 0.05) is 28.0 Å². The van der Waals surface area contributed by atoms with E-state index in [1.54, 1.807) is 11.3 Å². The highest BCUT2D eigenvalue weighted by Crippen LogP contribution is 2.26. The Bertz CT molecular complexity index is 612. The summed E-state index contributed by atoms with van der Waals surface area (Å²) in [6.45, 7) is 2.54. The summed E-state index contributed by atoms with van der Waals surface area (Å²) in [5, 5.41) is 5.72. The van der Waals surface area contributed by atoms with Crippen LogP contribution < -0.4 is 11.1 Å². The molecule has 0 spiro atoms. The molecule has 1 atom stereocenters. The summed E-state index contributed by atoms with van der Waals surface area (Å²) >= 11 is 5.00. The molecule has 1 aromatic heterocycles. The van der Waals surface area contributed by atoms with Crippen LogP contribution in [-0.4, -0.2) is 23.5 Å². The molecule has 21 heavy (non-hydrogen) atoms. The van der Waals surface area contributed by atoms with Crippen molar-refractivity contribution in [3.63, 3.8) is 0 Å². The molecule has 0 saturated heterocycles. The molecule has 112 valence electrons. The summed E-state index contributed by atoms with van der Waals surface area (Å²) < 4.78 is 1.02. The number of thiazole rings is 1. The van der Waals surface area contributed by atoms with E-state index in [0.29, 0.717) is 13.0 Å². The lowest BCUT2D eigenvalue weighted by atomic mass is 10.2. The number of aromatic nitrogens is 1. The molecule has 0 fully saturated rings. The maximum atomic E-state index is 11.8. The molecule has 0 radical (unpaired) electrons. The molecule has 0 aliphatic rings. The van der Waals surface area contributed by atoms with Gasteiger partial charge in [-0.3, -0.25) is 4.79 Å². The van der Waals surface area contributed by atoms with E-state index in [1.165, 1.54) is 0 Å². The van der Waals surface area contributed by atoms with Gasteiger partial charge in [0.1, 0.15) is 5.01 Å². The first kappa shape index (κ1) is 16.1.